The zero-order valence-electron chi connectivity index (χ0n) is 23.5. The smallest absolute Gasteiger partial charge is 0.246 e. The van der Waals surface area contributed by atoms with Crippen LogP contribution in [0.25, 0.3) is 43.2 Å². The Morgan fingerprint density at radius 3 is 2.84 bits per heavy atom. The van der Waals surface area contributed by atoms with Gasteiger partial charge in [-0.05, 0) is 54.6 Å². The molecule has 0 bridgehead atoms. The van der Waals surface area contributed by atoms with E-state index in [1.807, 2.05) is 11.4 Å². The number of thiophene rings is 1. The topological polar surface area (TPSA) is 67.4 Å². The zero-order chi connectivity index (χ0) is 29.7. The fraction of sp³-hybridized carbons (Fsp3) is 0.242. The predicted molar refractivity (Wildman–Crippen MR) is 167 cm³/mol. The van der Waals surface area contributed by atoms with Gasteiger partial charge in [-0.1, -0.05) is 18.7 Å². The molecular weight excluding hydrogens is 587 g/mol. The van der Waals surface area contributed by atoms with Crippen molar-refractivity contribution in [2.75, 3.05) is 19.7 Å². The summed E-state index contributed by atoms with van der Waals surface area (Å²) in [6.45, 7) is 8.38. The number of carbonyl (C=O) groups excluding carboxylic acids is 1. The lowest BCUT2D eigenvalue weighted by molar-refractivity contribution is -0.126. The van der Waals surface area contributed by atoms with Crippen molar-refractivity contribution < 1.29 is 18.3 Å². The highest BCUT2D eigenvalue weighted by atomic mass is 32.1. The molecule has 0 radical (unpaired) electrons. The van der Waals surface area contributed by atoms with Crippen molar-refractivity contribution in [1.82, 2.24) is 20.2 Å². The van der Waals surface area contributed by atoms with Crippen LogP contribution in [-0.2, 0) is 30.7 Å². The number of thiazole rings is 1. The molecule has 0 unspecified atom stereocenters. The van der Waals surface area contributed by atoms with E-state index in [1.54, 1.807) is 11.8 Å². The Kier molecular flexibility index (Phi) is 7.28. The minimum absolute atomic E-state index is 0.121. The Bertz CT molecular complexity index is 1910. The molecule has 0 saturated carbocycles. The molecule has 218 valence electrons. The third kappa shape index (κ3) is 4.93. The number of hydrogen-bond donors (Lipinski definition) is 1. The van der Waals surface area contributed by atoms with Gasteiger partial charge in [0.1, 0.15) is 28.1 Å². The van der Waals surface area contributed by atoms with Gasteiger partial charge in [-0.15, -0.1) is 22.7 Å². The van der Waals surface area contributed by atoms with E-state index in [1.165, 1.54) is 45.9 Å². The number of benzene rings is 2. The monoisotopic (exact) mass is 614 g/mol. The van der Waals surface area contributed by atoms with Gasteiger partial charge in [0.25, 0.3) is 0 Å². The Morgan fingerprint density at radius 1 is 1.12 bits per heavy atom. The summed E-state index contributed by atoms with van der Waals surface area (Å²) >= 11 is 2.94. The second-order valence-corrected chi connectivity index (χ2v) is 12.6. The van der Waals surface area contributed by atoms with E-state index < -0.39 is 11.6 Å². The second-order valence-electron chi connectivity index (χ2n) is 10.6. The molecule has 2 aliphatic heterocycles. The highest BCUT2D eigenvalue weighted by Crippen LogP contribution is 2.48. The number of nitrogens with one attached hydrogen (secondary N) is 1. The first-order valence-electron chi connectivity index (χ1n) is 14.2. The van der Waals surface area contributed by atoms with Crippen molar-refractivity contribution in [3.05, 3.63) is 87.8 Å². The minimum atomic E-state index is -0.723. The number of nitrogens with zero attached hydrogens (tertiary/aromatic N) is 3. The van der Waals surface area contributed by atoms with Crippen LogP contribution in [0.4, 0.5) is 8.78 Å². The highest BCUT2D eigenvalue weighted by Gasteiger charge is 2.29. The molecule has 2 aliphatic rings. The molecule has 0 spiro atoms. The summed E-state index contributed by atoms with van der Waals surface area (Å²) in [4.78, 5) is 25.3. The normalized spacial score (nSPS) is 14.4. The summed E-state index contributed by atoms with van der Waals surface area (Å²) in [6, 6.07) is 10.5. The maximum atomic E-state index is 15.8. The molecule has 1 N–H and O–H groups in total. The standard InChI is InChI=1S/C33H28F2N4O2S2/c1-3-27(40)39-11-8-24-26(17-39)43-33(37-24)31-29(28-23(35)14-21(34)15-25(28)41-4-2)32-22(9-12-42-32)30(38-31)19-5-6-20-16-36-10-7-18(20)13-19/h3,5-6,9,12-15,36H,1,4,7-8,10-11,16-17H2,2H3. The average molecular weight is 615 g/mol. The van der Waals surface area contributed by atoms with Crippen LogP contribution >= 0.6 is 22.7 Å². The lowest BCUT2D eigenvalue weighted by atomic mass is 9.94. The fourth-order valence-corrected chi connectivity index (χ4v) is 8.00. The number of hydrogen-bond acceptors (Lipinski definition) is 7. The number of amides is 1. The summed E-state index contributed by atoms with van der Waals surface area (Å²) in [5, 5.41) is 6.90. The molecule has 0 aliphatic carbocycles. The number of aromatic nitrogens is 2. The van der Waals surface area contributed by atoms with Crippen LogP contribution in [0, 0.1) is 11.6 Å². The van der Waals surface area contributed by atoms with Gasteiger partial charge in [0.15, 0.2) is 0 Å². The van der Waals surface area contributed by atoms with Crippen LogP contribution < -0.4 is 10.1 Å². The summed E-state index contributed by atoms with van der Waals surface area (Å²) in [6.07, 6.45) is 2.85. The van der Waals surface area contributed by atoms with Crippen LogP contribution in [0.1, 0.15) is 28.6 Å². The SMILES string of the molecule is C=CC(=O)N1CCc2nc(-c3nc(-c4ccc5c(c4)CCNC5)c4ccsc4c3-c3c(F)cc(F)cc3OCC)sc2C1. The van der Waals surface area contributed by atoms with E-state index in [-0.39, 0.29) is 23.8 Å². The molecule has 7 rings (SSSR count). The fourth-order valence-electron chi connectivity index (χ4n) is 5.93. The number of carbonyl (C=O) groups is 1. The Labute approximate surface area is 255 Å². The molecule has 43 heavy (non-hydrogen) atoms. The number of rotatable bonds is 6. The Balaban J connectivity index is 1.49. The number of ether oxygens (including phenoxy) is 1. The van der Waals surface area contributed by atoms with Gasteiger partial charge in [-0.25, -0.2) is 18.7 Å². The Morgan fingerprint density at radius 2 is 2.00 bits per heavy atom. The van der Waals surface area contributed by atoms with Crippen molar-refractivity contribution in [3.63, 3.8) is 0 Å². The van der Waals surface area contributed by atoms with E-state index in [0.717, 1.165) is 57.5 Å². The van der Waals surface area contributed by atoms with Gasteiger partial charge in [0, 0.05) is 57.7 Å². The molecule has 3 aromatic heterocycles. The lowest BCUT2D eigenvalue weighted by Crippen LogP contribution is -2.34. The van der Waals surface area contributed by atoms with Crippen LogP contribution in [0.15, 0.2) is 54.4 Å². The molecule has 5 aromatic rings. The zero-order valence-corrected chi connectivity index (χ0v) is 25.1. The van der Waals surface area contributed by atoms with E-state index in [2.05, 4.69) is 30.1 Å². The van der Waals surface area contributed by atoms with E-state index in [4.69, 9.17) is 14.7 Å². The molecule has 5 heterocycles. The molecular formula is C33H28F2N4O2S2. The van der Waals surface area contributed by atoms with E-state index in [9.17, 15) is 9.18 Å². The van der Waals surface area contributed by atoms with Crippen LogP contribution in [0.5, 0.6) is 5.75 Å². The molecule has 10 heteroatoms. The summed E-state index contributed by atoms with van der Waals surface area (Å²) in [5.74, 6) is -1.44. The number of fused-ring (bicyclic) bond motifs is 3. The quantitative estimate of drug-likeness (QED) is 0.206. The largest absolute Gasteiger partial charge is 0.493 e. The third-order valence-electron chi connectivity index (χ3n) is 7.96. The van der Waals surface area contributed by atoms with Gasteiger partial charge in [-0.2, -0.15) is 0 Å². The average Bonchev–Trinajstić information content (AvgIpc) is 3.67. The van der Waals surface area contributed by atoms with Crippen molar-refractivity contribution in [1.29, 1.82) is 0 Å². The molecule has 6 nitrogen and oxygen atoms in total. The maximum absolute atomic E-state index is 15.8. The summed E-state index contributed by atoms with van der Waals surface area (Å²) < 4.78 is 36.9. The van der Waals surface area contributed by atoms with Crippen molar-refractivity contribution >= 4 is 38.7 Å². The van der Waals surface area contributed by atoms with Crippen molar-refractivity contribution in [3.8, 4) is 38.8 Å². The van der Waals surface area contributed by atoms with E-state index >= 15 is 4.39 Å². The maximum Gasteiger partial charge on any atom is 0.246 e. The van der Waals surface area contributed by atoms with Gasteiger partial charge in [0.2, 0.25) is 5.91 Å². The summed E-state index contributed by atoms with van der Waals surface area (Å²) in [7, 11) is 0. The van der Waals surface area contributed by atoms with Crippen LogP contribution in [0.3, 0.4) is 0 Å². The van der Waals surface area contributed by atoms with Gasteiger partial charge >= 0.3 is 0 Å². The molecule has 0 saturated heterocycles. The van der Waals surface area contributed by atoms with Gasteiger partial charge in [-0.3, -0.25) is 4.79 Å². The predicted octanol–water partition coefficient (Wildman–Crippen LogP) is 7.15. The first kappa shape index (κ1) is 27.8. The number of pyridine rings is 1. The number of halogens is 2. The van der Waals surface area contributed by atoms with Crippen LogP contribution in [0.2, 0.25) is 0 Å². The minimum Gasteiger partial charge on any atom is -0.493 e. The van der Waals surface area contributed by atoms with Gasteiger partial charge < -0.3 is 15.0 Å². The molecule has 0 atom stereocenters. The lowest BCUT2D eigenvalue weighted by Gasteiger charge is -2.24. The van der Waals surface area contributed by atoms with Crippen molar-refractivity contribution in [2.45, 2.75) is 32.9 Å². The first-order valence-corrected chi connectivity index (χ1v) is 15.9. The highest BCUT2D eigenvalue weighted by molar-refractivity contribution is 7.18. The molecule has 0 fully saturated rings. The van der Waals surface area contributed by atoms with Gasteiger partial charge in [0.05, 0.1) is 30.1 Å². The van der Waals surface area contributed by atoms with E-state index in [0.29, 0.717) is 35.8 Å². The Hall–Kier alpha value is -3.99. The second kappa shape index (κ2) is 11.3. The molecule has 2 aromatic carbocycles. The van der Waals surface area contributed by atoms with Crippen molar-refractivity contribution in [2.24, 2.45) is 0 Å². The first-order chi connectivity index (χ1) is 20.9. The summed E-state index contributed by atoms with van der Waals surface area (Å²) in [5.41, 5.74) is 6.43. The third-order valence-corrected chi connectivity index (χ3v) is 9.98. The van der Waals surface area contributed by atoms with Crippen LogP contribution in [-0.4, -0.2) is 40.5 Å². The molecule has 1 amide bonds.